The molecule has 0 atom stereocenters. The summed E-state index contributed by atoms with van der Waals surface area (Å²) in [6, 6.07) is 48.3. The van der Waals surface area contributed by atoms with Crippen molar-refractivity contribution in [2.45, 2.75) is 6.92 Å². The first kappa shape index (κ1) is 25.1. The van der Waals surface area contributed by atoms with Crippen LogP contribution >= 0.6 is 0 Å². The average Bonchev–Trinajstić information content (AvgIpc) is 3.07. The normalized spacial score (nSPS) is 11.4. The summed E-state index contributed by atoms with van der Waals surface area (Å²) in [5.74, 6) is 0. The highest BCUT2D eigenvalue weighted by Gasteiger charge is 2.17. The van der Waals surface area contributed by atoms with Crippen molar-refractivity contribution < 1.29 is 0 Å². The Kier molecular flexibility index (Phi) is 6.05. The first-order valence-electron chi connectivity index (χ1n) is 14.6. The molecule has 0 aliphatic rings. The van der Waals surface area contributed by atoms with E-state index in [2.05, 4.69) is 127 Å². The van der Waals surface area contributed by atoms with Crippen LogP contribution in [0.1, 0.15) is 5.56 Å². The van der Waals surface area contributed by atoms with Crippen molar-refractivity contribution in [3.63, 3.8) is 0 Å². The molecular formula is C41H28N2. The van der Waals surface area contributed by atoms with E-state index in [1.807, 2.05) is 36.8 Å². The first-order chi connectivity index (χ1) is 21.2. The molecule has 0 radical (unpaired) electrons. The Hall–Kier alpha value is -5.60. The standard InChI is InChI=1S/C41H28N2/c1-27-10-11-28-12-17-33(25-34(28)24-27)41-37-8-4-2-6-35(37)40(36-7-3-5-9-38(36)41)31-15-13-30(14-16-31)39-26-32(20-23-43-39)29-18-21-42-22-19-29/h2-26H,1H3. The van der Waals surface area contributed by atoms with Gasteiger partial charge >= 0.3 is 0 Å². The predicted molar refractivity (Wildman–Crippen MR) is 181 cm³/mol. The van der Waals surface area contributed by atoms with Crippen LogP contribution in [0.5, 0.6) is 0 Å². The number of benzene rings is 6. The number of fused-ring (bicyclic) bond motifs is 3. The van der Waals surface area contributed by atoms with Gasteiger partial charge in [0.1, 0.15) is 0 Å². The Morgan fingerprint density at radius 2 is 0.953 bits per heavy atom. The average molecular weight is 549 g/mol. The quantitative estimate of drug-likeness (QED) is 0.204. The smallest absolute Gasteiger partial charge is 0.0708 e. The molecule has 0 aliphatic heterocycles. The maximum absolute atomic E-state index is 4.69. The number of nitrogens with zero attached hydrogens (tertiary/aromatic N) is 2. The van der Waals surface area contributed by atoms with E-state index >= 15 is 0 Å². The second-order valence-electron chi connectivity index (χ2n) is 11.1. The summed E-state index contributed by atoms with van der Waals surface area (Å²) < 4.78 is 0. The van der Waals surface area contributed by atoms with Crippen LogP contribution in [-0.2, 0) is 0 Å². The molecule has 0 saturated heterocycles. The van der Waals surface area contributed by atoms with Crippen LogP contribution in [0.15, 0.2) is 152 Å². The molecular weight excluding hydrogens is 520 g/mol. The number of hydrogen-bond acceptors (Lipinski definition) is 2. The molecule has 202 valence electrons. The van der Waals surface area contributed by atoms with Gasteiger partial charge < -0.3 is 0 Å². The van der Waals surface area contributed by atoms with Crippen LogP contribution in [0.3, 0.4) is 0 Å². The lowest BCUT2D eigenvalue weighted by atomic mass is 9.85. The van der Waals surface area contributed by atoms with E-state index < -0.39 is 0 Å². The maximum atomic E-state index is 4.69. The van der Waals surface area contributed by atoms with Gasteiger partial charge in [0.25, 0.3) is 0 Å². The summed E-state index contributed by atoms with van der Waals surface area (Å²) in [6.45, 7) is 2.16. The summed E-state index contributed by atoms with van der Waals surface area (Å²) in [6.07, 6.45) is 5.53. The van der Waals surface area contributed by atoms with E-state index in [-0.39, 0.29) is 0 Å². The molecule has 2 heterocycles. The Bertz CT molecular complexity index is 2230. The van der Waals surface area contributed by atoms with E-state index in [0.717, 1.165) is 22.4 Å². The molecule has 2 heteroatoms. The van der Waals surface area contributed by atoms with E-state index in [1.54, 1.807) is 0 Å². The Morgan fingerprint density at radius 1 is 0.395 bits per heavy atom. The van der Waals surface area contributed by atoms with Crippen molar-refractivity contribution in [3.8, 4) is 44.6 Å². The molecule has 0 N–H and O–H groups in total. The van der Waals surface area contributed by atoms with E-state index in [4.69, 9.17) is 4.98 Å². The molecule has 0 fully saturated rings. The zero-order chi connectivity index (χ0) is 28.8. The van der Waals surface area contributed by atoms with Gasteiger partial charge in [-0.3, -0.25) is 9.97 Å². The Labute approximate surface area is 251 Å². The molecule has 8 aromatic rings. The van der Waals surface area contributed by atoms with Gasteiger partial charge in [-0.15, -0.1) is 0 Å². The molecule has 0 saturated carbocycles. The lowest BCUT2D eigenvalue weighted by Gasteiger charge is -2.18. The topological polar surface area (TPSA) is 25.8 Å². The van der Waals surface area contributed by atoms with Gasteiger partial charge in [0, 0.05) is 24.2 Å². The third kappa shape index (κ3) is 4.45. The van der Waals surface area contributed by atoms with Crippen LogP contribution in [-0.4, -0.2) is 9.97 Å². The molecule has 0 spiro atoms. The van der Waals surface area contributed by atoms with Gasteiger partial charge in [0.05, 0.1) is 5.69 Å². The third-order valence-corrected chi connectivity index (χ3v) is 8.46. The van der Waals surface area contributed by atoms with Crippen LogP contribution in [0.4, 0.5) is 0 Å². The first-order valence-corrected chi connectivity index (χ1v) is 14.6. The van der Waals surface area contributed by atoms with E-state index in [0.29, 0.717) is 0 Å². The zero-order valence-electron chi connectivity index (χ0n) is 23.8. The van der Waals surface area contributed by atoms with Crippen molar-refractivity contribution in [2.24, 2.45) is 0 Å². The van der Waals surface area contributed by atoms with Crippen molar-refractivity contribution in [1.82, 2.24) is 9.97 Å². The number of hydrogen-bond donors (Lipinski definition) is 0. The monoisotopic (exact) mass is 548 g/mol. The Balaban J connectivity index is 1.29. The molecule has 0 bridgehead atoms. The van der Waals surface area contributed by atoms with E-state index in [9.17, 15) is 0 Å². The highest BCUT2D eigenvalue weighted by molar-refractivity contribution is 6.21. The fourth-order valence-corrected chi connectivity index (χ4v) is 6.39. The molecule has 2 nitrogen and oxygen atoms in total. The van der Waals surface area contributed by atoms with Crippen LogP contribution in [0.2, 0.25) is 0 Å². The van der Waals surface area contributed by atoms with Crippen LogP contribution in [0.25, 0.3) is 77.0 Å². The molecule has 0 amide bonds. The molecule has 2 aromatic heterocycles. The largest absolute Gasteiger partial charge is 0.265 e. The third-order valence-electron chi connectivity index (χ3n) is 8.46. The number of aryl methyl sites for hydroxylation is 1. The molecule has 6 aromatic carbocycles. The second kappa shape index (κ2) is 10.3. The lowest BCUT2D eigenvalue weighted by molar-refractivity contribution is 1.31. The van der Waals surface area contributed by atoms with Crippen molar-refractivity contribution in [3.05, 3.63) is 158 Å². The van der Waals surface area contributed by atoms with Gasteiger partial charge in [-0.2, -0.15) is 0 Å². The van der Waals surface area contributed by atoms with Crippen LogP contribution in [0, 0.1) is 6.92 Å². The van der Waals surface area contributed by atoms with Gasteiger partial charge in [-0.1, -0.05) is 109 Å². The minimum atomic E-state index is 0.956. The maximum Gasteiger partial charge on any atom is 0.0708 e. The van der Waals surface area contributed by atoms with Crippen molar-refractivity contribution >= 4 is 32.3 Å². The molecule has 0 unspecified atom stereocenters. The fourth-order valence-electron chi connectivity index (χ4n) is 6.39. The second-order valence-corrected chi connectivity index (χ2v) is 11.1. The molecule has 8 rings (SSSR count). The highest BCUT2D eigenvalue weighted by atomic mass is 14.7. The zero-order valence-corrected chi connectivity index (χ0v) is 23.8. The fraction of sp³-hybridized carbons (Fsp3) is 0.0244. The minimum Gasteiger partial charge on any atom is -0.265 e. The highest BCUT2D eigenvalue weighted by Crippen LogP contribution is 2.44. The van der Waals surface area contributed by atoms with Gasteiger partial charge in [0.2, 0.25) is 0 Å². The summed E-state index contributed by atoms with van der Waals surface area (Å²) >= 11 is 0. The van der Waals surface area contributed by atoms with Crippen LogP contribution < -0.4 is 0 Å². The summed E-state index contributed by atoms with van der Waals surface area (Å²) in [5.41, 5.74) is 10.6. The number of pyridine rings is 2. The Morgan fingerprint density at radius 3 is 1.63 bits per heavy atom. The molecule has 43 heavy (non-hydrogen) atoms. The van der Waals surface area contributed by atoms with Gasteiger partial charge in [-0.25, -0.2) is 0 Å². The summed E-state index contributed by atoms with van der Waals surface area (Å²) in [7, 11) is 0. The summed E-state index contributed by atoms with van der Waals surface area (Å²) in [5, 5.41) is 7.57. The van der Waals surface area contributed by atoms with Gasteiger partial charge in [-0.05, 0) is 103 Å². The lowest BCUT2D eigenvalue weighted by Crippen LogP contribution is -1.91. The predicted octanol–water partition coefficient (Wildman–Crippen LogP) is 10.9. The number of rotatable bonds is 4. The van der Waals surface area contributed by atoms with E-state index in [1.165, 1.54) is 60.1 Å². The van der Waals surface area contributed by atoms with Gasteiger partial charge in [0.15, 0.2) is 0 Å². The summed E-state index contributed by atoms with van der Waals surface area (Å²) in [4.78, 5) is 8.85. The van der Waals surface area contributed by atoms with Crippen molar-refractivity contribution in [2.75, 3.05) is 0 Å². The minimum absolute atomic E-state index is 0.956. The number of aromatic nitrogens is 2. The van der Waals surface area contributed by atoms with Crippen molar-refractivity contribution in [1.29, 1.82) is 0 Å². The SMILES string of the molecule is Cc1ccc2ccc(-c3c4ccccc4c(-c4ccc(-c5cc(-c6ccncc6)ccn5)cc4)c4ccccc34)cc2c1. The molecule has 0 aliphatic carbocycles.